The van der Waals surface area contributed by atoms with Gasteiger partial charge in [-0.2, -0.15) is 0 Å². The Balaban J connectivity index is 1.30. The van der Waals surface area contributed by atoms with Crippen molar-refractivity contribution in [1.82, 2.24) is 9.88 Å². The summed E-state index contributed by atoms with van der Waals surface area (Å²) in [6, 6.07) is 17.0. The molecule has 0 radical (unpaired) electrons. The zero-order valence-electron chi connectivity index (χ0n) is 17.7. The number of hydrogen-bond acceptors (Lipinski definition) is 6. The zero-order valence-corrected chi connectivity index (χ0v) is 18.5. The summed E-state index contributed by atoms with van der Waals surface area (Å²) in [4.78, 5) is 18.8. The number of aromatic nitrogens is 1. The Hall–Kier alpha value is -2.90. The molecule has 1 N–H and O–H groups in total. The van der Waals surface area contributed by atoms with Gasteiger partial charge in [-0.15, -0.1) is 11.3 Å². The van der Waals surface area contributed by atoms with E-state index in [1.54, 1.807) is 23.2 Å². The number of carbonyl (C=O) groups excluding carboxylic acids is 1. The summed E-state index contributed by atoms with van der Waals surface area (Å²) in [6.07, 6.45) is 0.178. The van der Waals surface area contributed by atoms with Gasteiger partial charge in [0, 0.05) is 23.9 Å². The minimum atomic E-state index is -1.14. The largest absolute Gasteiger partial charge is 0.487 e. The first-order chi connectivity index (χ1) is 14.9. The first kappa shape index (κ1) is 21.3. The van der Waals surface area contributed by atoms with E-state index in [2.05, 4.69) is 4.98 Å². The molecule has 4 rings (SSSR count). The van der Waals surface area contributed by atoms with Crippen molar-refractivity contribution in [3.8, 4) is 22.8 Å². The number of hydrogen-bond donors (Lipinski definition) is 1. The lowest BCUT2D eigenvalue weighted by molar-refractivity contribution is -0.147. The number of thiazole rings is 1. The van der Waals surface area contributed by atoms with E-state index in [4.69, 9.17) is 9.47 Å². The lowest BCUT2D eigenvalue weighted by atomic mass is 9.91. The number of likely N-dealkylation sites (tertiary alicyclic amines) is 1. The third-order valence-corrected chi connectivity index (χ3v) is 6.14. The molecule has 1 aliphatic rings. The van der Waals surface area contributed by atoms with Gasteiger partial charge in [-0.05, 0) is 50.2 Å². The van der Waals surface area contributed by atoms with Crippen molar-refractivity contribution in [3.63, 3.8) is 0 Å². The van der Waals surface area contributed by atoms with Crippen LogP contribution < -0.4 is 9.47 Å². The molecule has 0 bridgehead atoms. The molecule has 1 aliphatic heterocycles. The lowest BCUT2D eigenvalue weighted by Gasteiger charge is -2.42. The van der Waals surface area contributed by atoms with E-state index in [1.165, 1.54) is 0 Å². The Bertz CT molecular complexity index is 1020. The molecule has 1 amide bonds. The van der Waals surface area contributed by atoms with Gasteiger partial charge in [0.1, 0.15) is 23.2 Å². The van der Waals surface area contributed by atoms with Gasteiger partial charge < -0.3 is 19.5 Å². The van der Waals surface area contributed by atoms with Crippen LogP contribution in [-0.2, 0) is 4.79 Å². The molecule has 6 nitrogen and oxygen atoms in total. The molecule has 1 aromatic heterocycles. The van der Waals surface area contributed by atoms with Crippen molar-refractivity contribution < 1.29 is 19.4 Å². The summed E-state index contributed by atoms with van der Waals surface area (Å²) in [5, 5.41) is 13.9. The maximum absolute atomic E-state index is 12.7. The number of rotatable bonds is 6. The van der Waals surface area contributed by atoms with Gasteiger partial charge in [0.2, 0.25) is 0 Å². The molecule has 3 aromatic rings. The second kappa shape index (κ2) is 9.08. The molecule has 31 heavy (non-hydrogen) atoms. The summed E-state index contributed by atoms with van der Waals surface area (Å²) < 4.78 is 11.6. The fourth-order valence-corrected chi connectivity index (χ4v) is 4.29. The summed E-state index contributed by atoms with van der Waals surface area (Å²) in [6.45, 7) is 4.33. The highest BCUT2D eigenvalue weighted by molar-refractivity contribution is 7.09. The van der Waals surface area contributed by atoms with Crippen molar-refractivity contribution in [3.05, 3.63) is 65.0 Å². The van der Waals surface area contributed by atoms with Crippen molar-refractivity contribution in [2.45, 2.75) is 32.0 Å². The average molecular weight is 439 g/mol. The summed E-state index contributed by atoms with van der Waals surface area (Å²) in [5.74, 6) is 1.18. The van der Waals surface area contributed by atoms with E-state index in [1.807, 2.05) is 66.9 Å². The van der Waals surface area contributed by atoms with E-state index in [0.29, 0.717) is 24.5 Å². The van der Waals surface area contributed by atoms with Crippen LogP contribution in [0.3, 0.4) is 0 Å². The molecule has 2 aromatic carbocycles. The predicted octanol–water partition coefficient (Wildman–Crippen LogP) is 3.93. The molecule has 0 unspecified atom stereocenters. The van der Waals surface area contributed by atoms with Crippen molar-refractivity contribution in [2.24, 2.45) is 0 Å². The number of amides is 1. The highest BCUT2D eigenvalue weighted by Crippen LogP contribution is 2.27. The van der Waals surface area contributed by atoms with E-state index in [-0.39, 0.29) is 25.2 Å². The topological polar surface area (TPSA) is 71.9 Å². The van der Waals surface area contributed by atoms with Gasteiger partial charge in [-0.3, -0.25) is 4.79 Å². The Morgan fingerprint density at radius 1 is 1.19 bits per heavy atom. The number of ether oxygens (including phenoxy) is 2. The zero-order chi connectivity index (χ0) is 21.8. The van der Waals surface area contributed by atoms with Gasteiger partial charge >= 0.3 is 0 Å². The summed E-state index contributed by atoms with van der Waals surface area (Å²) in [5.41, 5.74) is 0.810. The molecule has 162 valence electrons. The predicted molar refractivity (Wildman–Crippen MR) is 120 cm³/mol. The molecular formula is C24H26N2O4S. The van der Waals surface area contributed by atoms with Gasteiger partial charge in [0.25, 0.3) is 5.91 Å². The molecule has 1 fully saturated rings. The van der Waals surface area contributed by atoms with E-state index >= 15 is 0 Å². The van der Waals surface area contributed by atoms with E-state index in [9.17, 15) is 9.90 Å². The maximum Gasteiger partial charge on any atom is 0.260 e. The number of β-amino-alcohol motifs (C(OH)–C–C–N with tert-alkyl or cyclic N) is 1. The number of carbonyl (C=O) groups is 1. The van der Waals surface area contributed by atoms with Crippen molar-refractivity contribution >= 4 is 17.2 Å². The molecule has 1 saturated heterocycles. The highest BCUT2D eigenvalue weighted by Gasteiger charge is 2.41. The smallest absolute Gasteiger partial charge is 0.260 e. The van der Waals surface area contributed by atoms with Gasteiger partial charge in [0.05, 0.1) is 17.2 Å². The standard InChI is InChI=1S/C24H26N2O4S/c1-17-25-21(15-31-17)18-8-10-19(11-9-18)29-14-23(27)26-13-12-22(24(2,28)16-26)30-20-6-4-3-5-7-20/h3-11,15,22,28H,12-14,16H2,1-2H3/t22-,24-/m0/s1. The first-order valence-corrected chi connectivity index (χ1v) is 11.2. The molecule has 7 heteroatoms. The number of para-hydroxylation sites is 1. The van der Waals surface area contributed by atoms with Crippen molar-refractivity contribution in [2.75, 3.05) is 19.7 Å². The second-order valence-electron chi connectivity index (χ2n) is 7.95. The summed E-state index contributed by atoms with van der Waals surface area (Å²) >= 11 is 1.61. The second-order valence-corrected chi connectivity index (χ2v) is 9.01. The number of benzene rings is 2. The van der Waals surface area contributed by atoms with Crippen molar-refractivity contribution in [1.29, 1.82) is 0 Å². The normalized spacial score (nSPS) is 21.0. The highest BCUT2D eigenvalue weighted by atomic mass is 32.1. The molecule has 0 spiro atoms. The quantitative estimate of drug-likeness (QED) is 0.631. The number of aliphatic hydroxyl groups is 1. The fourth-order valence-electron chi connectivity index (χ4n) is 3.67. The number of piperidine rings is 1. The van der Waals surface area contributed by atoms with Crippen LogP contribution in [0.15, 0.2) is 60.0 Å². The van der Waals surface area contributed by atoms with E-state index in [0.717, 1.165) is 16.3 Å². The minimum Gasteiger partial charge on any atom is -0.487 e. The van der Waals surface area contributed by atoms with Crippen LogP contribution in [0.4, 0.5) is 0 Å². The molecule has 0 saturated carbocycles. The number of nitrogens with zero attached hydrogens (tertiary/aromatic N) is 2. The summed E-state index contributed by atoms with van der Waals surface area (Å²) in [7, 11) is 0. The molecule has 2 heterocycles. The van der Waals surface area contributed by atoms with Crippen LogP contribution in [0.2, 0.25) is 0 Å². The van der Waals surface area contributed by atoms with Crippen LogP contribution in [0.5, 0.6) is 11.5 Å². The van der Waals surface area contributed by atoms with E-state index < -0.39 is 5.60 Å². The average Bonchev–Trinajstić information content (AvgIpc) is 3.20. The maximum atomic E-state index is 12.7. The number of aryl methyl sites for hydroxylation is 1. The Morgan fingerprint density at radius 3 is 2.58 bits per heavy atom. The SMILES string of the molecule is Cc1nc(-c2ccc(OCC(=O)N3CC[C@H](Oc4ccccc4)[C@@](C)(O)C3)cc2)cs1. The monoisotopic (exact) mass is 438 g/mol. The van der Waals surface area contributed by atoms with Gasteiger partial charge in [-0.1, -0.05) is 18.2 Å². The van der Waals surface area contributed by atoms with Crippen LogP contribution in [0, 0.1) is 6.92 Å². The Kier molecular flexibility index (Phi) is 6.25. The van der Waals surface area contributed by atoms with Crippen LogP contribution in [-0.4, -0.2) is 52.3 Å². The molecular weight excluding hydrogens is 412 g/mol. The first-order valence-electron chi connectivity index (χ1n) is 10.3. The Labute approximate surface area is 186 Å². The van der Waals surface area contributed by atoms with Gasteiger partial charge in [0.15, 0.2) is 6.61 Å². The van der Waals surface area contributed by atoms with Crippen LogP contribution in [0.25, 0.3) is 11.3 Å². The minimum absolute atomic E-state index is 0.0740. The third-order valence-electron chi connectivity index (χ3n) is 5.37. The molecule has 2 atom stereocenters. The molecule has 0 aliphatic carbocycles. The fraction of sp³-hybridized carbons (Fsp3) is 0.333. The Morgan fingerprint density at radius 2 is 1.94 bits per heavy atom. The van der Waals surface area contributed by atoms with Crippen LogP contribution in [0.1, 0.15) is 18.4 Å². The lowest BCUT2D eigenvalue weighted by Crippen LogP contribution is -2.59. The third kappa shape index (κ3) is 5.24. The van der Waals surface area contributed by atoms with Crippen LogP contribution >= 0.6 is 11.3 Å². The van der Waals surface area contributed by atoms with Gasteiger partial charge in [-0.25, -0.2) is 4.98 Å².